The van der Waals surface area contributed by atoms with E-state index >= 15 is 0 Å². The fourth-order valence-electron chi connectivity index (χ4n) is 2.37. The number of amides is 1. The molecule has 1 N–H and O–H groups in total. The van der Waals surface area contributed by atoms with Crippen molar-refractivity contribution in [3.8, 4) is 5.75 Å². The van der Waals surface area contributed by atoms with Crippen LogP contribution in [0.4, 0.5) is 0 Å². The van der Waals surface area contributed by atoms with Crippen molar-refractivity contribution in [1.82, 2.24) is 4.90 Å². The summed E-state index contributed by atoms with van der Waals surface area (Å²) in [6.07, 6.45) is 4.60. The minimum Gasteiger partial charge on any atom is -0.497 e. The highest BCUT2D eigenvalue weighted by atomic mass is 16.5. The van der Waals surface area contributed by atoms with Gasteiger partial charge in [0, 0.05) is 19.2 Å². The molecule has 5 nitrogen and oxygen atoms in total. The predicted molar refractivity (Wildman–Crippen MR) is 79.0 cm³/mol. The SMILES string of the molecule is COc1ccc(/C=C/C(=O)N2CCC[C@@H](C(=O)O)C2)cc1. The smallest absolute Gasteiger partial charge is 0.308 e. The molecule has 1 atom stereocenters. The van der Waals surface area contributed by atoms with Crippen LogP contribution in [0.3, 0.4) is 0 Å². The first-order valence-electron chi connectivity index (χ1n) is 6.94. The first-order valence-corrected chi connectivity index (χ1v) is 6.94. The van der Waals surface area contributed by atoms with E-state index in [1.54, 1.807) is 18.1 Å². The van der Waals surface area contributed by atoms with Crippen molar-refractivity contribution >= 4 is 18.0 Å². The van der Waals surface area contributed by atoms with Gasteiger partial charge in [-0.1, -0.05) is 12.1 Å². The van der Waals surface area contributed by atoms with Gasteiger partial charge in [-0.2, -0.15) is 0 Å². The molecule has 1 heterocycles. The zero-order valence-electron chi connectivity index (χ0n) is 12.0. The lowest BCUT2D eigenvalue weighted by Crippen LogP contribution is -2.41. The Morgan fingerprint density at radius 2 is 2.05 bits per heavy atom. The topological polar surface area (TPSA) is 66.8 Å². The summed E-state index contributed by atoms with van der Waals surface area (Å²) in [5.41, 5.74) is 0.899. The molecule has 0 saturated carbocycles. The molecule has 21 heavy (non-hydrogen) atoms. The van der Waals surface area contributed by atoms with E-state index in [0.29, 0.717) is 19.5 Å². The Kier molecular flexibility index (Phi) is 4.98. The number of carboxylic acid groups (broad SMARTS) is 1. The van der Waals surface area contributed by atoms with Crippen molar-refractivity contribution in [2.75, 3.05) is 20.2 Å². The quantitative estimate of drug-likeness (QED) is 0.861. The molecule has 0 aromatic heterocycles. The highest BCUT2D eigenvalue weighted by Crippen LogP contribution is 2.17. The van der Waals surface area contributed by atoms with Crippen LogP contribution in [0, 0.1) is 5.92 Å². The second-order valence-electron chi connectivity index (χ2n) is 5.07. The molecule has 1 fully saturated rings. The zero-order chi connectivity index (χ0) is 15.2. The number of aliphatic carboxylic acids is 1. The first-order chi connectivity index (χ1) is 10.1. The number of piperidine rings is 1. The van der Waals surface area contributed by atoms with Gasteiger partial charge in [-0.3, -0.25) is 9.59 Å². The number of hydrogen-bond donors (Lipinski definition) is 1. The second kappa shape index (κ2) is 6.92. The molecule has 2 rings (SSSR count). The summed E-state index contributed by atoms with van der Waals surface area (Å²) in [4.78, 5) is 24.7. The molecule has 0 radical (unpaired) electrons. The average molecular weight is 289 g/mol. The third-order valence-electron chi connectivity index (χ3n) is 3.62. The second-order valence-corrected chi connectivity index (χ2v) is 5.07. The van der Waals surface area contributed by atoms with E-state index in [9.17, 15) is 9.59 Å². The monoisotopic (exact) mass is 289 g/mol. The third kappa shape index (κ3) is 4.08. The highest BCUT2D eigenvalue weighted by molar-refractivity contribution is 5.92. The zero-order valence-corrected chi connectivity index (χ0v) is 12.0. The summed E-state index contributed by atoms with van der Waals surface area (Å²) < 4.78 is 5.07. The van der Waals surface area contributed by atoms with Gasteiger partial charge in [-0.25, -0.2) is 0 Å². The van der Waals surface area contributed by atoms with Gasteiger partial charge < -0.3 is 14.7 Å². The number of hydrogen-bond acceptors (Lipinski definition) is 3. The Hall–Kier alpha value is -2.30. The maximum Gasteiger partial charge on any atom is 0.308 e. The fraction of sp³-hybridized carbons (Fsp3) is 0.375. The average Bonchev–Trinajstić information content (AvgIpc) is 2.53. The van der Waals surface area contributed by atoms with Gasteiger partial charge >= 0.3 is 5.97 Å². The third-order valence-corrected chi connectivity index (χ3v) is 3.62. The summed E-state index contributed by atoms with van der Waals surface area (Å²) in [6.45, 7) is 0.913. The normalized spacial score (nSPS) is 18.7. The maximum atomic E-state index is 12.1. The van der Waals surface area contributed by atoms with Crippen molar-refractivity contribution in [3.63, 3.8) is 0 Å². The Labute approximate surface area is 123 Å². The van der Waals surface area contributed by atoms with Crippen molar-refractivity contribution in [1.29, 1.82) is 0 Å². The lowest BCUT2D eigenvalue weighted by atomic mass is 9.98. The Morgan fingerprint density at radius 1 is 1.33 bits per heavy atom. The minimum atomic E-state index is -0.827. The van der Waals surface area contributed by atoms with E-state index < -0.39 is 11.9 Å². The molecule has 5 heteroatoms. The van der Waals surface area contributed by atoms with Gasteiger partial charge in [-0.05, 0) is 36.6 Å². The van der Waals surface area contributed by atoms with E-state index in [0.717, 1.165) is 17.7 Å². The lowest BCUT2D eigenvalue weighted by Gasteiger charge is -2.29. The Balaban J connectivity index is 1.96. The molecule has 0 spiro atoms. The van der Waals surface area contributed by atoms with Gasteiger partial charge in [0.1, 0.15) is 5.75 Å². The van der Waals surface area contributed by atoms with E-state index in [2.05, 4.69) is 0 Å². The molecule has 1 aromatic rings. The molecule has 0 unspecified atom stereocenters. The summed E-state index contributed by atoms with van der Waals surface area (Å²) in [6, 6.07) is 7.37. The van der Waals surface area contributed by atoms with E-state index in [1.165, 1.54) is 6.08 Å². The Morgan fingerprint density at radius 3 is 2.67 bits per heavy atom. The molecule has 1 aliphatic heterocycles. The molecule has 1 amide bonds. The van der Waals surface area contributed by atoms with Crippen LogP contribution < -0.4 is 4.74 Å². The van der Waals surface area contributed by atoms with Crippen LogP contribution in [-0.4, -0.2) is 42.1 Å². The number of carbonyl (C=O) groups is 2. The number of methoxy groups -OCH3 is 1. The van der Waals surface area contributed by atoms with Crippen LogP contribution in [0.15, 0.2) is 30.3 Å². The molecule has 1 aromatic carbocycles. The molecular formula is C16H19NO4. The maximum absolute atomic E-state index is 12.1. The summed E-state index contributed by atoms with van der Waals surface area (Å²) in [5.74, 6) is -0.653. The van der Waals surface area contributed by atoms with Crippen LogP contribution in [0.1, 0.15) is 18.4 Å². The van der Waals surface area contributed by atoms with Crippen molar-refractivity contribution < 1.29 is 19.4 Å². The first kappa shape index (κ1) is 15.1. The number of benzene rings is 1. The molecule has 0 aliphatic carbocycles. The number of rotatable bonds is 4. The molecular weight excluding hydrogens is 270 g/mol. The predicted octanol–water partition coefficient (Wildman–Crippen LogP) is 2.03. The van der Waals surface area contributed by atoms with Gasteiger partial charge in [-0.15, -0.1) is 0 Å². The van der Waals surface area contributed by atoms with Crippen LogP contribution in [-0.2, 0) is 9.59 Å². The molecule has 1 aliphatic rings. The minimum absolute atomic E-state index is 0.142. The summed E-state index contributed by atoms with van der Waals surface area (Å²) >= 11 is 0. The van der Waals surface area contributed by atoms with Crippen LogP contribution in [0.5, 0.6) is 5.75 Å². The van der Waals surface area contributed by atoms with Crippen molar-refractivity contribution in [2.45, 2.75) is 12.8 Å². The fourth-order valence-corrected chi connectivity index (χ4v) is 2.37. The standard InChI is InChI=1S/C16H19NO4/c1-21-14-7-4-12(5-8-14)6-9-15(18)17-10-2-3-13(11-17)16(19)20/h4-9,13H,2-3,10-11H2,1H3,(H,19,20)/b9-6+/t13-/m1/s1. The number of ether oxygens (including phenoxy) is 1. The van der Waals surface area contributed by atoms with Gasteiger partial charge in [0.25, 0.3) is 0 Å². The van der Waals surface area contributed by atoms with Crippen LogP contribution in [0.25, 0.3) is 6.08 Å². The lowest BCUT2D eigenvalue weighted by molar-refractivity contribution is -0.144. The largest absolute Gasteiger partial charge is 0.497 e. The van der Waals surface area contributed by atoms with Gasteiger partial charge in [0.05, 0.1) is 13.0 Å². The van der Waals surface area contributed by atoms with Crippen LogP contribution >= 0.6 is 0 Å². The van der Waals surface area contributed by atoms with E-state index in [4.69, 9.17) is 9.84 Å². The molecule has 0 bridgehead atoms. The highest BCUT2D eigenvalue weighted by Gasteiger charge is 2.26. The van der Waals surface area contributed by atoms with Crippen LogP contribution in [0.2, 0.25) is 0 Å². The number of carboxylic acids is 1. The summed E-state index contributed by atoms with van der Waals surface area (Å²) in [7, 11) is 1.60. The number of likely N-dealkylation sites (tertiary alicyclic amines) is 1. The summed E-state index contributed by atoms with van der Waals surface area (Å²) in [5, 5.41) is 9.03. The van der Waals surface area contributed by atoms with Gasteiger partial charge in [0.2, 0.25) is 5.91 Å². The van der Waals surface area contributed by atoms with E-state index in [-0.39, 0.29) is 5.91 Å². The number of carbonyl (C=O) groups excluding carboxylic acids is 1. The van der Waals surface area contributed by atoms with Crippen molar-refractivity contribution in [2.24, 2.45) is 5.92 Å². The van der Waals surface area contributed by atoms with E-state index in [1.807, 2.05) is 24.3 Å². The Bertz CT molecular complexity index is 536. The number of nitrogens with zero attached hydrogens (tertiary/aromatic N) is 1. The molecule has 112 valence electrons. The van der Waals surface area contributed by atoms with Crippen molar-refractivity contribution in [3.05, 3.63) is 35.9 Å². The van der Waals surface area contributed by atoms with Gasteiger partial charge in [0.15, 0.2) is 0 Å². The molecule has 1 saturated heterocycles.